The van der Waals surface area contributed by atoms with E-state index in [-0.39, 0.29) is 12.3 Å². The summed E-state index contributed by atoms with van der Waals surface area (Å²) in [5, 5.41) is 4.40. The molecule has 0 spiro atoms. The zero-order valence-electron chi connectivity index (χ0n) is 14.5. The van der Waals surface area contributed by atoms with Crippen molar-refractivity contribution in [3.8, 4) is 0 Å². The Labute approximate surface area is 154 Å². The van der Waals surface area contributed by atoms with Crippen molar-refractivity contribution < 1.29 is 9.47 Å². The van der Waals surface area contributed by atoms with Crippen molar-refractivity contribution in [3.05, 3.63) is 58.3 Å². The molecule has 4 rings (SSSR count). The number of rotatable bonds is 5. The van der Waals surface area contributed by atoms with Gasteiger partial charge in [0.05, 0.1) is 19.3 Å². The Balaban J connectivity index is 1.20. The molecule has 134 valence electrons. The molecule has 4 nitrogen and oxygen atoms in total. The average molecular weight is 359 g/mol. The second kappa shape index (κ2) is 8.43. The highest BCUT2D eigenvalue weighted by Gasteiger charge is 2.29. The highest BCUT2D eigenvalue weighted by atomic mass is 32.1. The van der Waals surface area contributed by atoms with Gasteiger partial charge in [-0.05, 0) is 28.0 Å². The van der Waals surface area contributed by atoms with E-state index in [0.29, 0.717) is 13.2 Å². The lowest BCUT2D eigenvalue weighted by Gasteiger charge is -2.41. The molecule has 2 aromatic rings. The molecule has 2 aliphatic rings. The molecule has 0 saturated carbocycles. The Kier molecular flexibility index (Phi) is 5.79. The van der Waals surface area contributed by atoms with Crippen LogP contribution in [0.4, 0.5) is 0 Å². The normalized spacial score (nSPS) is 25.9. The van der Waals surface area contributed by atoms with E-state index in [0.717, 1.165) is 39.1 Å². The lowest BCUT2D eigenvalue weighted by atomic mass is 10.1. The first-order valence-corrected chi connectivity index (χ1v) is 10.1. The third-order valence-corrected chi connectivity index (χ3v) is 5.79. The zero-order valence-corrected chi connectivity index (χ0v) is 15.4. The number of nitrogens with zero attached hydrogens (tertiary/aromatic N) is 2. The predicted molar refractivity (Wildman–Crippen MR) is 101 cm³/mol. The van der Waals surface area contributed by atoms with Crippen LogP contribution < -0.4 is 0 Å². The van der Waals surface area contributed by atoms with E-state index in [4.69, 9.17) is 9.47 Å². The topological polar surface area (TPSA) is 24.9 Å². The Morgan fingerprint density at radius 3 is 2.44 bits per heavy atom. The van der Waals surface area contributed by atoms with Crippen LogP contribution in [0.5, 0.6) is 0 Å². The van der Waals surface area contributed by atoms with Crippen LogP contribution in [0.3, 0.4) is 0 Å². The van der Waals surface area contributed by atoms with Gasteiger partial charge in [-0.3, -0.25) is 9.80 Å². The van der Waals surface area contributed by atoms with E-state index < -0.39 is 0 Å². The molecule has 1 aromatic heterocycles. The molecule has 0 amide bonds. The van der Waals surface area contributed by atoms with Crippen LogP contribution in [0.15, 0.2) is 47.2 Å². The van der Waals surface area contributed by atoms with E-state index in [1.54, 1.807) is 11.3 Å². The van der Waals surface area contributed by atoms with Crippen molar-refractivity contribution in [2.24, 2.45) is 0 Å². The first-order valence-electron chi connectivity index (χ1n) is 9.11. The van der Waals surface area contributed by atoms with Crippen LogP contribution >= 0.6 is 11.3 Å². The minimum absolute atomic E-state index is 0.121. The summed E-state index contributed by atoms with van der Waals surface area (Å²) >= 11 is 1.78. The number of piperazine rings is 1. The first kappa shape index (κ1) is 17.2. The third kappa shape index (κ3) is 4.68. The molecule has 0 N–H and O–H groups in total. The quantitative estimate of drug-likeness (QED) is 0.821. The van der Waals surface area contributed by atoms with Crippen molar-refractivity contribution in [3.63, 3.8) is 0 Å². The van der Waals surface area contributed by atoms with Gasteiger partial charge in [-0.1, -0.05) is 30.3 Å². The Hall–Kier alpha value is -1.24. The van der Waals surface area contributed by atoms with Gasteiger partial charge in [-0.2, -0.15) is 11.3 Å². The summed E-state index contributed by atoms with van der Waals surface area (Å²) in [6.45, 7) is 6.75. The van der Waals surface area contributed by atoms with E-state index in [2.05, 4.69) is 57.0 Å². The Bertz CT molecular complexity index is 618. The monoisotopic (exact) mass is 358 g/mol. The van der Waals surface area contributed by atoms with Crippen LogP contribution in [0.2, 0.25) is 0 Å². The van der Waals surface area contributed by atoms with E-state index >= 15 is 0 Å². The lowest BCUT2D eigenvalue weighted by molar-refractivity contribution is -0.190. The molecule has 25 heavy (non-hydrogen) atoms. The number of thiophene rings is 1. The Morgan fingerprint density at radius 1 is 0.920 bits per heavy atom. The second-order valence-corrected chi connectivity index (χ2v) is 7.66. The van der Waals surface area contributed by atoms with Crippen molar-refractivity contribution in [1.82, 2.24) is 9.80 Å². The minimum atomic E-state index is 0.121. The molecule has 0 aliphatic carbocycles. The molecule has 0 bridgehead atoms. The fourth-order valence-corrected chi connectivity index (χ4v) is 4.25. The third-order valence-electron chi connectivity index (χ3n) is 5.06. The molecule has 2 aliphatic heterocycles. The summed E-state index contributed by atoms with van der Waals surface area (Å²) < 4.78 is 12.2. The van der Waals surface area contributed by atoms with Gasteiger partial charge in [-0.25, -0.2) is 0 Å². The smallest absolute Gasteiger partial charge is 0.134 e. The summed E-state index contributed by atoms with van der Waals surface area (Å²) in [6, 6.07) is 12.7. The molecule has 3 heterocycles. The lowest BCUT2D eigenvalue weighted by Crippen LogP contribution is -2.54. The molecule has 5 heteroatoms. The fourth-order valence-electron chi connectivity index (χ4n) is 3.59. The first-order chi connectivity index (χ1) is 12.4. The highest BCUT2D eigenvalue weighted by molar-refractivity contribution is 7.07. The van der Waals surface area contributed by atoms with Crippen molar-refractivity contribution in [2.75, 3.05) is 39.4 Å². The van der Waals surface area contributed by atoms with Crippen molar-refractivity contribution in [1.29, 1.82) is 0 Å². The van der Waals surface area contributed by atoms with E-state index in [1.165, 1.54) is 11.1 Å². The fraction of sp³-hybridized carbons (Fsp3) is 0.500. The molecular weight excluding hydrogens is 332 g/mol. The van der Waals surface area contributed by atoms with Gasteiger partial charge in [0.25, 0.3) is 0 Å². The number of hydrogen-bond acceptors (Lipinski definition) is 5. The SMILES string of the molecule is c1ccc(CC2COC(N3CCN(Cc4ccsc4)CC3)CO2)cc1. The van der Waals surface area contributed by atoms with Gasteiger partial charge in [-0.15, -0.1) is 0 Å². The number of ether oxygens (including phenoxy) is 2. The summed E-state index contributed by atoms with van der Waals surface area (Å²) in [4.78, 5) is 4.96. The van der Waals surface area contributed by atoms with Crippen LogP contribution in [0.25, 0.3) is 0 Å². The molecule has 2 unspecified atom stereocenters. The maximum atomic E-state index is 6.13. The second-order valence-electron chi connectivity index (χ2n) is 6.88. The molecule has 2 atom stereocenters. The van der Waals surface area contributed by atoms with Gasteiger partial charge in [0.1, 0.15) is 6.23 Å². The van der Waals surface area contributed by atoms with Crippen molar-refractivity contribution in [2.45, 2.75) is 25.3 Å². The van der Waals surface area contributed by atoms with E-state index in [9.17, 15) is 0 Å². The van der Waals surface area contributed by atoms with Crippen LogP contribution in [-0.4, -0.2) is 61.5 Å². The molecule has 2 saturated heterocycles. The molecule has 0 radical (unpaired) electrons. The maximum Gasteiger partial charge on any atom is 0.134 e. The van der Waals surface area contributed by atoms with Gasteiger partial charge in [0, 0.05) is 39.1 Å². The summed E-state index contributed by atoms with van der Waals surface area (Å²) in [5.74, 6) is 0. The zero-order chi connectivity index (χ0) is 16.9. The van der Waals surface area contributed by atoms with Gasteiger partial charge >= 0.3 is 0 Å². The summed E-state index contributed by atoms with van der Waals surface area (Å²) in [7, 11) is 0. The number of benzene rings is 1. The van der Waals surface area contributed by atoms with Crippen LogP contribution in [-0.2, 0) is 22.4 Å². The van der Waals surface area contributed by atoms with Gasteiger partial charge in [0.2, 0.25) is 0 Å². The summed E-state index contributed by atoms with van der Waals surface area (Å²) in [5.41, 5.74) is 2.75. The Morgan fingerprint density at radius 2 is 1.76 bits per heavy atom. The number of hydrogen-bond donors (Lipinski definition) is 0. The largest absolute Gasteiger partial charge is 0.371 e. The highest BCUT2D eigenvalue weighted by Crippen LogP contribution is 2.18. The minimum Gasteiger partial charge on any atom is -0.371 e. The standard InChI is InChI=1S/C20H26N2O2S/c1-2-4-17(5-3-1)12-19-14-24-20(15-23-19)22-9-7-21(8-10-22)13-18-6-11-25-16-18/h1-6,11,16,19-20H,7-10,12-15H2. The predicted octanol–water partition coefficient (Wildman–Crippen LogP) is 2.85. The molecule has 2 fully saturated rings. The molecule has 1 aromatic carbocycles. The maximum absolute atomic E-state index is 6.13. The van der Waals surface area contributed by atoms with Crippen LogP contribution in [0.1, 0.15) is 11.1 Å². The van der Waals surface area contributed by atoms with E-state index in [1.807, 2.05) is 0 Å². The summed E-state index contributed by atoms with van der Waals surface area (Å²) in [6.07, 6.45) is 1.23. The van der Waals surface area contributed by atoms with Gasteiger partial charge < -0.3 is 9.47 Å². The molecular formula is C20H26N2O2S. The van der Waals surface area contributed by atoms with Crippen molar-refractivity contribution >= 4 is 11.3 Å². The van der Waals surface area contributed by atoms with Gasteiger partial charge in [0.15, 0.2) is 0 Å². The van der Waals surface area contributed by atoms with Crippen LogP contribution in [0, 0.1) is 0 Å². The average Bonchev–Trinajstić information content (AvgIpc) is 3.17.